The van der Waals surface area contributed by atoms with E-state index < -0.39 is 5.82 Å². The molecule has 192 valence electrons. The van der Waals surface area contributed by atoms with Crippen molar-refractivity contribution < 1.29 is 13.9 Å². The van der Waals surface area contributed by atoms with Crippen molar-refractivity contribution in [3.63, 3.8) is 0 Å². The smallest absolute Gasteiger partial charge is 0.277 e. The zero-order valence-corrected chi connectivity index (χ0v) is 21.4. The molecule has 2 aliphatic rings. The first kappa shape index (κ1) is 24.0. The van der Waals surface area contributed by atoms with Crippen LogP contribution in [-0.2, 0) is 9.47 Å². The predicted molar refractivity (Wildman–Crippen MR) is 137 cm³/mol. The Labute approximate surface area is 217 Å². The molecule has 6 rings (SSSR count). The lowest BCUT2D eigenvalue weighted by Gasteiger charge is -2.37. The normalized spacial score (nSPS) is 20.4. The first-order chi connectivity index (χ1) is 17.8. The highest BCUT2D eigenvalue weighted by Crippen LogP contribution is 2.33. The Bertz CT molecular complexity index is 1570. The molecule has 0 amide bonds. The van der Waals surface area contributed by atoms with Gasteiger partial charge in [-0.1, -0.05) is 11.6 Å². The molecule has 1 aromatic carbocycles. The van der Waals surface area contributed by atoms with Gasteiger partial charge in [-0.05, 0) is 45.0 Å². The van der Waals surface area contributed by atoms with Gasteiger partial charge in [0.1, 0.15) is 11.9 Å². The second-order valence-electron chi connectivity index (χ2n) is 9.69. The molecule has 4 aromatic rings. The number of aromatic nitrogens is 5. The van der Waals surface area contributed by atoms with Crippen LogP contribution in [0, 0.1) is 19.7 Å². The summed E-state index contributed by atoms with van der Waals surface area (Å²) >= 11 is 6.01. The summed E-state index contributed by atoms with van der Waals surface area (Å²) < 4.78 is 29.8. The van der Waals surface area contributed by atoms with Crippen molar-refractivity contribution in [2.75, 3.05) is 31.2 Å². The molecule has 5 heterocycles. The van der Waals surface area contributed by atoms with Crippen LogP contribution in [0.2, 0.25) is 5.02 Å². The Morgan fingerprint density at radius 3 is 2.68 bits per heavy atom. The second-order valence-corrected chi connectivity index (χ2v) is 10.1. The number of hydrogen-bond acceptors (Lipinski definition) is 7. The van der Waals surface area contributed by atoms with E-state index in [0.717, 1.165) is 5.56 Å². The third-order valence-electron chi connectivity index (χ3n) is 7.04. The monoisotopic (exact) mass is 524 g/mol. The molecule has 2 aliphatic heterocycles. The molecule has 3 aromatic heterocycles. The predicted octanol–water partition coefficient (Wildman–Crippen LogP) is 3.90. The van der Waals surface area contributed by atoms with Gasteiger partial charge in [0.2, 0.25) is 0 Å². The van der Waals surface area contributed by atoms with Gasteiger partial charge >= 0.3 is 0 Å². The minimum absolute atomic E-state index is 0.114. The van der Waals surface area contributed by atoms with Crippen LogP contribution < -0.4 is 10.5 Å². The van der Waals surface area contributed by atoms with Crippen LogP contribution in [0.3, 0.4) is 0 Å². The van der Waals surface area contributed by atoms with Gasteiger partial charge in [-0.2, -0.15) is 9.61 Å². The van der Waals surface area contributed by atoms with Crippen LogP contribution in [0.4, 0.5) is 10.2 Å². The lowest BCUT2D eigenvalue weighted by atomic mass is 10.1. The summed E-state index contributed by atoms with van der Waals surface area (Å²) in [7, 11) is 0. The van der Waals surface area contributed by atoms with Gasteiger partial charge in [-0.25, -0.2) is 9.37 Å². The molecule has 0 saturated carbocycles. The molecule has 11 heteroatoms. The summed E-state index contributed by atoms with van der Waals surface area (Å²) in [5.41, 5.74) is 2.78. The summed E-state index contributed by atoms with van der Waals surface area (Å²) in [6.45, 7) is 7.82. The molecule has 0 unspecified atom stereocenters. The van der Waals surface area contributed by atoms with E-state index in [4.69, 9.17) is 21.1 Å². The minimum atomic E-state index is -0.500. The number of aryl methyl sites for hydroxylation is 1. The Morgan fingerprint density at radius 1 is 1.14 bits per heavy atom. The molecule has 0 radical (unpaired) electrons. The summed E-state index contributed by atoms with van der Waals surface area (Å²) in [6.07, 6.45) is 3.46. The Kier molecular flexibility index (Phi) is 5.97. The van der Waals surface area contributed by atoms with Crippen molar-refractivity contribution in [3.8, 4) is 11.1 Å². The zero-order valence-electron chi connectivity index (χ0n) is 20.7. The zero-order chi connectivity index (χ0) is 25.8. The van der Waals surface area contributed by atoms with E-state index in [9.17, 15) is 4.79 Å². The third kappa shape index (κ3) is 4.28. The lowest BCUT2D eigenvalue weighted by molar-refractivity contribution is -0.0297. The fourth-order valence-corrected chi connectivity index (χ4v) is 4.93. The number of benzene rings is 1. The summed E-state index contributed by atoms with van der Waals surface area (Å²) in [5.74, 6) is 0.0311. The van der Waals surface area contributed by atoms with E-state index in [0.29, 0.717) is 60.2 Å². The molecular weight excluding hydrogens is 499 g/mol. The molecule has 9 nitrogen and oxygen atoms in total. The highest BCUT2D eigenvalue weighted by Gasteiger charge is 2.31. The van der Waals surface area contributed by atoms with Crippen molar-refractivity contribution in [1.29, 1.82) is 0 Å². The standard InChI is InChI=1S/C26H26ClFN6O3/c1-14-9-32(11-23(37-14)17-8-29-33(10-17)19-12-36-13-19)24-7-21(20-5-4-18(27)6-22(20)28)25-30-16(3)15(2)26(35)34(25)31-24/h4-8,10,14,19,23H,9,11-13H2,1-3H3/t14-,23+/m1/s1. The Hall–Kier alpha value is -3.34. The molecule has 0 N–H and O–H groups in total. The van der Waals surface area contributed by atoms with E-state index in [1.165, 1.54) is 10.6 Å². The number of ether oxygens (including phenoxy) is 2. The van der Waals surface area contributed by atoms with Gasteiger partial charge in [0, 0.05) is 45.7 Å². The third-order valence-corrected chi connectivity index (χ3v) is 7.28. The number of morpholine rings is 1. The van der Waals surface area contributed by atoms with Gasteiger partial charge in [-0.15, -0.1) is 5.10 Å². The summed E-state index contributed by atoms with van der Waals surface area (Å²) in [4.78, 5) is 19.9. The lowest BCUT2D eigenvalue weighted by Crippen LogP contribution is -2.43. The molecule has 2 fully saturated rings. The van der Waals surface area contributed by atoms with Crippen LogP contribution in [0.1, 0.15) is 35.9 Å². The average molecular weight is 525 g/mol. The van der Waals surface area contributed by atoms with Gasteiger partial charge in [0.25, 0.3) is 5.56 Å². The van der Waals surface area contributed by atoms with Crippen molar-refractivity contribution in [3.05, 3.63) is 74.7 Å². The SMILES string of the molecule is Cc1nc2c(-c3ccc(Cl)cc3F)cc(N3C[C@@H](C)O[C@H](c4cnn(C5COC5)c4)C3)nn2c(=O)c1C. The first-order valence-corrected chi connectivity index (χ1v) is 12.5. The maximum absolute atomic E-state index is 15.1. The van der Waals surface area contributed by atoms with Crippen molar-refractivity contribution >= 4 is 23.1 Å². The van der Waals surface area contributed by atoms with Gasteiger partial charge in [0.05, 0.1) is 38.1 Å². The number of fused-ring (bicyclic) bond motifs is 1. The van der Waals surface area contributed by atoms with Crippen molar-refractivity contribution in [1.82, 2.24) is 24.4 Å². The highest BCUT2D eigenvalue weighted by atomic mass is 35.5. The Morgan fingerprint density at radius 2 is 1.95 bits per heavy atom. The second kappa shape index (κ2) is 9.20. The molecular formula is C26H26ClFN6O3. The summed E-state index contributed by atoms with van der Waals surface area (Å²) in [6, 6.07) is 6.50. The number of nitrogens with zero attached hydrogens (tertiary/aromatic N) is 6. The molecule has 0 bridgehead atoms. The van der Waals surface area contributed by atoms with Crippen LogP contribution in [-0.4, -0.2) is 56.8 Å². The number of anilines is 1. The van der Waals surface area contributed by atoms with Gasteiger partial charge in [-0.3, -0.25) is 9.48 Å². The van der Waals surface area contributed by atoms with Crippen molar-refractivity contribution in [2.45, 2.75) is 39.0 Å². The maximum Gasteiger partial charge on any atom is 0.277 e. The quantitative estimate of drug-likeness (QED) is 0.400. The van der Waals surface area contributed by atoms with E-state index in [-0.39, 0.29) is 28.8 Å². The molecule has 2 atom stereocenters. The number of halogens is 2. The van der Waals surface area contributed by atoms with E-state index in [1.54, 1.807) is 32.0 Å². The fraction of sp³-hybridized carbons (Fsp3) is 0.385. The fourth-order valence-electron chi connectivity index (χ4n) is 4.77. The van der Waals surface area contributed by atoms with Gasteiger partial charge in [0.15, 0.2) is 11.5 Å². The highest BCUT2D eigenvalue weighted by molar-refractivity contribution is 6.30. The van der Waals surface area contributed by atoms with Crippen LogP contribution in [0.5, 0.6) is 0 Å². The van der Waals surface area contributed by atoms with Crippen LogP contribution in [0.15, 0.2) is 41.5 Å². The summed E-state index contributed by atoms with van der Waals surface area (Å²) in [5, 5.41) is 9.46. The Balaban J connectivity index is 1.45. The molecule has 37 heavy (non-hydrogen) atoms. The van der Waals surface area contributed by atoms with Crippen molar-refractivity contribution in [2.24, 2.45) is 0 Å². The molecule has 0 aliphatic carbocycles. The van der Waals surface area contributed by atoms with Crippen LogP contribution >= 0.6 is 11.6 Å². The minimum Gasteiger partial charge on any atom is -0.377 e. The number of rotatable bonds is 4. The van der Waals surface area contributed by atoms with Gasteiger partial charge < -0.3 is 14.4 Å². The van der Waals surface area contributed by atoms with E-state index in [2.05, 4.69) is 20.1 Å². The number of hydrogen-bond donors (Lipinski definition) is 0. The topological polar surface area (TPSA) is 86.8 Å². The first-order valence-electron chi connectivity index (χ1n) is 12.2. The average Bonchev–Trinajstić information content (AvgIpc) is 3.30. The maximum atomic E-state index is 15.1. The van der Waals surface area contributed by atoms with E-state index >= 15 is 4.39 Å². The largest absolute Gasteiger partial charge is 0.377 e. The van der Waals surface area contributed by atoms with E-state index in [1.807, 2.05) is 24.0 Å². The molecule has 2 saturated heterocycles. The molecule has 0 spiro atoms. The van der Waals surface area contributed by atoms with Crippen LogP contribution in [0.25, 0.3) is 16.8 Å².